The molecule has 0 fully saturated rings. The number of allylic oxidation sites excluding steroid dienone is 1. The van der Waals surface area contributed by atoms with Crippen LogP contribution in [-0.2, 0) is 6.54 Å². The van der Waals surface area contributed by atoms with Gasteiger partial charge in [-0.2, -0.15) is 4.40 Å². The maximum atomic E-state index is 13.3. The zero-order valence-electron chi connectivity index (χ0n) is 15.6. The zero-order valence-corrected chi connectivity index (χ0v) is 15.6. The van der Waals surface area contributed by atoms with Crippen LogP contribution in [0.2, 0.25) is 0 Å². The average molecular weight is 368 g/mol. The van der Waals surface area contributed by atoms with Crippen molar-refractivity contribution in [3.63, 3.8) is 0 Å². The van der Waals surface area contributed by atoms with Crippen molar-refractivity contribution in [3.05, 3.63) is 107 Å². The van der Waals surface area contributed by atoms with Crippen LogP contribution in [-0.4, -0.2) is 4.40 Å². The summed E-state index contributed by atoms with van der Waals surface area (Å²) in [6, 6.07) is 24.5. The second kappa shape index (κ2) is 7.53. The molecular formula is C24H20N2O2. The number of hydrogen-bond donors (Lipinski definition) is 0. The molecular weight excluding hydrogens is 348 g/mol. The van der Waals surface area contributed by atoms with Gasteiger partial charge in [0.2, 0.25) is 0 Å². The van der Waals surface area contributed by atoms with Gasteiger partial charge in [0.15, 0.2) is 0 Å². The lowest BCUT2D eigenvalue weighted by Gasteiger charge is -2.17. The lowest BCUT2D eigenvalue weighted by Crippen LogP contribution is -2.44. The van der Waals surface area contributed by atoms with Crippen LogP contribution in [0, 0.1) is 0 Å². The highest BCUT2D eigenvalue weighted by Crippen LogP contribution is 2.21. The highest BCUT2D eigenvalue weighted by molar-refractivity contribution is 5.66. The lowest BCUT2D eigenvalue weighted by molar-refractivity contribution is -0.708. The monoisotopic (exact) mass is 368 g/mol. The first-order valence-corrected chi connectivity index (χ1v) is 9.17. The summed E-state index contributed by atoms with van der Waals surface area (Å²) in [5.41, 5.74) is 3.21. The van der Waals surface area contributed by atoms with Gasteiger partial charge in [0, 0.05) is 6.07 Å². The standard InChI is InChI=1S/C24H20N2O2/c1-18(16-19-10-4-2-5-11-19)17-26-21-14-8-9-15-25(21)23(27)22(24(26)28)20-12-6-3-7-13-20/h2-16H,17H2,1H3/b18-16+. The van der Waals surface area contributed by atoms with Gasteiger partial charge < -0.3 is 5.11 Å². The molecule has 0 radical (unpaired) electrons. The minimum absolute atomic E-state index is 0.191. The Morgan fingerprint density at radius 2 is 1.61 bits per heavy atom. The van der Waals surface area contributed by atoms with Crippen LogP contribution in [0.1, 0.15) is 12.5 Å². The Balaban J connectivity index is 1.90. The Hall–Kier alpha value is -3.66. The maximum Gasteiger partial charge on any atom is 0.349 e. The van der Waals surface area contributed by atoms with Crippen molar-refractivity contribution in [1.29, 1.82) is 0 Å². The van der Waals surface area contributed by atoms with E-state index in [1.807, 2.05) is 61.5 Å². The van der Waals surface area contributed by atoms with Gasteiger partial charge in [-0.1, -0.05) is 72.8 Å². The van der Waals surface area contributed by atoms with Crippen molar-refractivity contribution < 1.29 is 9.67 Å². The van der Waals surface area contributed by atoms with Crippen LogP contribution in [0.5, 0.6) is 5.88 Å². The molecule has 28 heavy (non-hydrogen) atoms. The number of fused-ring (bicyclic) bond motifs is 1. The first-order valence-electron chi connectivity index (χ1n) is 9.17. The fraction of sp³-hybridized carbons (Fsp3) is 0.0833. The van der Waals surface area contributed by atoms with Gasteiger partial charge in [0.05, 0.1) is 12.1 Å². The molecule has 2 aromatic heterocycles. The SMILES string of the molecule is C/C(=C\c1ccccc1)C[n+]1c([O-])c(-c2ccccc2)c(=O)n2ccccc21. The predicted octanol–water partition coefficient (Wildman–Crippen LogP) is 3.43. The molecule has 2 heterocycles. The average Bonchev–Trinajstić information content (AvgIpc) is 2.73. The van der Waals surface area contributed by atoms with E-state index in [-0.39, 0.29) is 17.0 Å². The van der Waals surface area contributed by atoms with Crippen molar-refractivity contribution in [2.24, 2.45) is 0 Å². The van der Waals surface area contributed by atoms with Gasteiger partial charge in [-0.05, 0) is 29.7 Å². The molecule has 4 rings (SSSR count). The molecule has 0 saturated heterocycles. The van der Waals surface area contributed by atoms with Gasteiger partial charge >= 0.3 is 5.56 Å². The van der Waals surface area contributed by atoms with Crippen molar-refractivity contribution >= 4 is 11.7 Å². The van der Waals surface area contributed by atoms with Crippen LogP contribution in [0.4, 0.5) is 0 Å². The third-order valence-corrected chi connectivity index (χ3v) is 4.69. The van der Waals surface area contributed by atoms with Crippen molar-refractivity contribution in [2.45, 2.75) is 13.5 Å². The van der Waals surface area contributed by atoms with Gasteiger partial charge in [0.1, 0.15) is 12.1 Å². The van der Waals surface area contributed by atoms with Crippen LogP contribution in [0.15, 0.2) is 95.4 Å². The Bertz CT molecular complexity index is 1210. The lowest BCUT2D eigenvalue weighted by atomic mass is 10.1. The molecule has 0 spiro atoms. The van der Waals surface area contributed by atoms with E-state index in [2.05, 4.69) is 6.08 Å². The van der Waals surface area contributed by atoms with E-state index >= 15 is 0 Å². The van der Waals surface area contributed by atoms with E-state index in [9.17, 15) is 9.90 Å². The molecule has 0 N–H and O–H groups in total. The van der Waals surface area contributed by atoms with E-state index in [1.165, 1.54) is 0 Å². The molecule has 0 unspecified atom stereocenters. The number of aromatic nitrogens is 2. The number of hydrogen-bond acceptors (Lipinski definition) is 2. The van der Waals surface area contributed by atoms with Gasteiger partial charge in [-0.3, -0.25) is 0 Å². The summed E-state index contributed by atoms with van der Waals surface area (Å²) in [5, 5.41) is 13.3. The Morgan fingerprint density at radius 1 is 0.964 bits per heavy atom. The summed E-state index contributed by atoms with van der Waals surface area (Å²) in [6.07, 6.45) is 3.76. The molecule has 0 aliphatic rings. The topological polar surface area (TPSA) is 48.4 Å². The Morgan fingerprint density at radius 3 is 2.32 bits per heavy atom. The molecule has 2 aromatic carbocycles. The number of benzene rings is 2. The zero-order chi connectivity index (χ0) is 19.5. The third-order valence-electron chi connectivity index (χ3n) is 4.69. The minimum atomic E-state index is -0.298. The number of nitrogens with zero attached hydrogens (tertiary/aromatic N) is 2. The van der Waals surface area contributed by atoms with E-state index in [1.54, 1.807) is 39.4 Å². The van der Waals surface area contributed by atoms with Crippen molar-refractivity contribution in [2.75, 3.05) is 0 Å². The molecule has 0 atom stereocenters. The van der Waals surface area contributed by atoms with E-state index in [4.69, 9.17) is 0 Å². The normalized spacial score (nSPS) is 11.7. The van der Waals surface area contributed by atoms with Crippen LogP contribution in [0.25, 0.3) is 22.9 Å². The molecule has 0 amide bonds. The summed E-state index contributed by atoms with van der Waals surface area (Å²) in [6.45, 7) is 2.40. The smallest absolute Gasteiger partial charge is 0.349 e. The summed E-state index contributed by atoms with van der Waals surface area (Å²) in [5.74, 6) is -0.275. The molecule has 0 aliphatic heterocycles. The predicted molar refractivity (Wildman–Crippen MR) is 109 cm³/mol. The maximum absolute atomic E-state index is 13.3. The van der Waals surface area contributed by atoms with Gasteiger partial charge in [0.25, 0.3) is 5.65 Å². The van der Waals surface area contributed by atoms with Crippen molar-refractivity contribution in [3.8, 4) is 17.0 Å². The second-order valence-corrected chi connectivity index (χ2v) is 6.77. The van der Waals surface area contributed by atoms with Crippen LogP contribution in [0.3, 0.4) is 0 Å². The number of pyridine rings is 1. The highest BCUT2D eigenvalue weighted by Gasteiger charge is 2.19. The van der Waals surface area contributed by atoms with Gasteiger partial charge in [-0.15, -0.1) is 0 Å². The summed E-state index contributed by atoms with van der Waals surface area (Å²) < 4.78 is 3.21. The fourth-order valence-electron chi connectivity index (χ4n) is 3.41. The molecule has 138 valence electrons. The van der Waals surface area contributed by atoms with Gasteiger partial charge in [-0.25, -0.2) is 9.36 Å². The minimum Gasteiger partial charge on any atom is -0.842 e. The largest absolute Gasteiger partial charge is 0.842 e. The first-order chi connectivity index (χ1) is 13.6. The summed E-state index contributed by atoms with van der Waals surface area (Å²) in [7, 11) is 0. The Kier molecular flexibility index (Phi) is 4.77. The molecule has 4 heteroatoms. The van der Waals surface area contributed by atoms with Crippen LogP contribution >= 0.6 is 0 Å². The third kappa shape index (κ3) is 3.32. The summed E-state index contributed by atoms with van der Waals surface area (Å²) >= 11 is 0. The van der Waals surface area contributed by atoms with Crippen molar-refractivity contribution in [1.82, 2.24) is 4.40 Å². The molecule has 4 nitrogen and oxygen atoms in total. The fourth-order valence-corrected chi connectivity index (χ4v) is 3.41. The molecule has 0 aliphatic carbocycles. The van der Waals surface area contributed by atoms with Crippen LogP contribution < -0.4 is 15.2 Å². The Labute approximate surface area is 163 Å². The first kappa shape index (κ1) is 17.7. The van der Waals surface area contributed by atoms with E-state index in [0.717, 1.165) is 11.1 Å². The molecule has 4 aromatic rings. The molecule has 0 saturated carbocycles. The number of rotatable bonds is 4. The second-order valence-electron chi connectivity index (χ2n) is 6.77. The van der Waals surface area contributed by atoms with E-state index in [0.29, 0.717) is 17.8 Å². The molecule has 0 bridgehead atoms. The van der Waals surface area contributed by atoms with E-state index < -0.39 is 0 Å². The highest BCUT2D eigenvalue weighted by atomic mass is 16.3. The summed E-state index contributed by atoms with van der Waals surface area (Å²) in [4.78, 5) is 13.0. The quantitative estimate of drug-likeness (QED) is 0.518.